The molecule has 0 radical (unpaired) electrons. The third-order valence-electron chi connectivity index (χ3n) is 2.79. The van der Waals surface area contributed by atoms with Gasteiger partial charge in [-0.3, -0.25) is 0 Å². The number of rotatable bonds is 4. The molecule has 2 heterocycles. The molecule has 0 fully saturated rings. The van der Waals surface area contributed by atoms with E-state index in [9.17, 15) is 0 Å². The molecule has 0 saturated carbocycles. The minimum Gasteiger partial charge on any atom is -0.362 e. The lowest BCUT2D eigenvalue weighted by molar-refractivity contribution is 0.551. The Morgan fingerprint density at radius 1 is 1.22 bits per heavy atom. The molecule has 18 heavy (non-hydrogen) atoms. The number of aryl methyl sites for hydroxylation is 2. The van der Waals surface area contributed by atoms with Crippen LogP contribution in [0.15, 0.2) is 23.6 Å². The van der Waals surface area contributed by atoms with Gasteiger partial charge in [-0.05, 0) is 31.2 Å². The van der Waals surface area contributed by atoms with E-state index in [4.69, 9.17) is 0 Å². The standard InChI is InChI=1S/C14H19N3S/c1-9(2)14(12-6-5-7-18-12)17-13-8-10(3)15-11(4)16-13/h5-9,14H,1-4H3,(H,15,16,17). The fourth-order valence-corrected chi connectivity index (χ4v) is 2.93. The third-order valence-corrected chi connectivity index (χ3v) is 3.74. The minimum atomic E-state index is 0.304. The highest BCUT2D eigenvalue weighted by molar-refractivity contribution is 7.10. The normalized spacial score (nSPS) is 12.7. The Morgan fingerprint density at radius 2 is 2.00 bits per heavy atom. The quantitative estimate of drug-likeness (QED) is 0.905. The molecule has 96 valence electrons. The predicted molar refractivity (Wildman–Crippen MR) is 77.0 cm³/mol. The van der Waals surface area contributed by atoms with Crippen molar-refractivity contribution in [2.24, 2.45) is 5.92 Å². The van der Waals surface area contributed by atoms with Gasteiger partial charge in [-0.25, -0.2) is 9.97 Å². The summed E-state index contributed by atoms with van der Waals surface area (Å²) in [4.78, 5) is 10.1. The molecule has 0 aliphatic heterocycles. The summed E-state index contributed by atoms with van der Waals surface area (Å²) in [5.41, 5.74) is 0.999. The molecule has 0 amide bonds. The Balaban J connectivity index is 2.24. The molecule has 0 aromatic carbocycles. The lowest BCUT2D eigenvalue weighted by atomic mass is 10.0. The summed E-state index contributed by atoms with van der Waals surface area (Å²) in [6.45, 7) is 8.36. The van der Waals surface area contributed by atoms with Gasteiger partial charge in [0.1, 0.15) is 11.6 Å². The molecule has 2 aromatic heterocycles. The summed E-state index contributed by atoms with van der Waals surface area (Å²) in [6, 6.07) is 6.56. The molecule has 3 nitrogen and oxygen atoms in total. The lowest BCUT2D eigenvalue weighted by Crippen LogP contribution is -2.17. The highest BCUT2D eigenvalue weighted by Gasteiger charge is 2.17. The van der Waals surface area contributed by atoms with Crippen LogP contribution in [-0.4, -0.2) is 9.97 Å². The smallest absolute Gasteiger partial charge is 0.130 e. The van der Waals surface area contributed by atoms with Crippen LogP contribution in [0, 0.1) is 19.8 Å². The largest absolute Gasteiger partial charge is 0.362 e. The van der Waals surface area contributed by atoms with Gasteiger partial charge < -0.3 is 5.32 Å². The molecular formula is C14H19N3S. The second-order valence-corrected chi connectivity index (χ2v) is 5.80. The molecule has 1 unspecified atom stereocenters. The van der Waals surface area contributed by atoms with E-state index in [2.05, 4.69) is 46.6 Å². The van der Waals surface area contributed by atoms with Gasteiger partial charge in [0.25, 0.3) is 0 Å². The Hall–Kier alpha value is -1.42. The Kier molecular flexibility index (Phi) is 3.97. The maximum absolute atomic E-state index is 4.45. The maximum atomic E-state index is 4.45. The monoisotopic (exact) mass is 261 g/mol. The molecule has 0 bridgehead atoms. The van der Waals surface area contributed by atoms with Crippen molar-refractivity contribution in [1.82, 2.24) is 9.97 Å². The lowest BCUT2D eigenvalue weighted by Gasteiger charge is -2.22. The maximum Gasteiger partial charge on any atom is 0.130 e. The summed E-state index contributed by atoms with van der Waals surface area (Å²) in [5.74, 6) is 2.23. The van der Waals surface area contributed by atoms with Gasteiger partial charge in [0.2, 0.25) is 0 Å². The number of nitrogens with one attached hydrogen (secondary N) is 1. The van der Waals surface area contributed by atoms with Gasteiger partial charge in [-0.15, -0.1) is 11.3 Å². The molecule has 1 N–H and O–H groups in total. The van der Waals surface area contributed by atoms with Crippen molar-refractivity contribution in [1.29, 1.82) is 0 Å². The molecule has 4 heteroatoms. The first-order valence-electron chi connectivity index (χ1n) is 6.18. The van der Waals surface area contributed by atoms with E-state index in [1.165, 1.54) is 4.88 Å². The van der Waals surface area contributed by atoms with E-state index in [0.717, 1.165) is 17.3 Å². The van der Waals surface area contributed by atoms with Crippen molar-refractivity contribution in [3.63, 3.8) is 0 Å². The van der Waals surface area contributed by atoms with Gasteiger partial charge in [-0.2, -0.15) is 0 Å². The SMILES string of the molecule is Cc1cc(NC(c2cccs2)C(C)C)nc(C)n1. The van der Waals surface area contributed by atoms with E-state index in [-0.39, 0.29) is 0 Å². The van der Waals surface area contributed by atoms with E-state index >= 15 is 0 Å². The summed E-state index contributed by atoms with van der Waals surface area (Å²) >= 11 is 1.78. The van der Waals surface area contributed by atoms with Crippen LogP contribution in [0.25, 0.3) is 0 Å². The molecule has 1 atom stereocenters. The molecule has 2 rings (SSSR count). The second-order valence-electron chi connectivity index (χ2n) is 4.82. The summed E-state index contributed by atoms with van der Waals surface area (Å²) in [5, 5.41) is 5.64. The van der Waals surface area contributed by atoms with E-state index in [0.29, 0.717) is 12.0 Å². The van der Waals surface area contributed by atoms with Crippen LogP contribution in [-0.2, 0) is 0 Å². The number of nitrogens with zero attached hydrogens (tertiary/aromatic N) is 2. The first kappa shape index (κ1) is 13.0. The van der Waals surface area contributed by atoms with Crippen LogP contribution in [0.1, 0.15) is 36.3 Å². The number of hydrogen-bond acceptors (Lipinski definition) is 4. The van der Waals surface area contributed by atoms with Crippen LogP contribution < -0.4 is 5.32 Å². The van der Waals surface area contributed by atoms with Crippen LogP contribution in [0.4, 0.5) is 5.82 Å². The number of thiophene rings is 1. The predicted octanol–water partition coefficient (Wildman–Crippen LogP) is 3.96. The van der Waals surface area contributed by atoms with Crippen molar-refractivity contribution in [2.45, 2.75) is 33.7 Å². The molecule has 0 saturated heterocycles. The van der Waals surface area contributed by atoms with E-state index < -0.39 is 0 Å². The van der Waals surface area contributed by atoms with Crippen LogP contribution in [0.2, 0.25) is 0 Å². The van der Waals surface area contributed by atoms with E-state index in [1.54, 1.807) is 11.3 Å². The van der Waals surface area contributed by atoms with Crippen LogP contribution in [0.3, 0.4) is 0 Å². The minimum absolute atomic E-state index is 0.304. The summed E-state index contributed by atoms with van der Waals surface area (Å²) < 4.78 is 0. The zero-order valence-electron chi connectivity index (χ0n) is 11.3. The molecule has 0 aliphatic carbocycles. The van der Waals surface area contributed by atoms with Gasteiger partial charge in [0, 0.05) is 16.6 Å². The average molecular weight is 261 g/mol. The first-order chi connectivity index (χ1) is 8.56. The Morgan fingerprint density at radius 3 is 2.56 bits per heavy atom. The van der Waals surface area contributed by atoms with Gasteiger partial charge in [0.05, 0.1) is 6.04 Å². The van der Waals surface area contributed by atoms with Crippen molar-refractivity contribution in [3.05, 3.63) is 40.0 Å². The fourth-order valence-electron chi connectivity index (χ4n) is 1.98. The van der Waals surface area contributed by atoms with Gasteiger partial charge in [0.15, 0.2) is 0 Å². The molecule has 0 aliphatic rings. The number of aromatic nitrogens is 2. The zero-order valence-corrected chi connectivity index (χ0v) is 12.1. The van der Waals surface area contributed by atoms with Crippen LogP contribution in [0.5, 0.6) is 0 Å². The first-order valence-corrected chi connectivity index (χ1v) is 7.06. The average Bonchev–Trinajstić information content (AvgIpc) is 2.77. The highest BCUT2D eigenvalue weighted by Crippen LogP contribution is 2.29. The van der Waals surface area contributed by atoms with Crippen molar-refractivity contribution < 1.29 is 0 Å². The Bertz CT molecular complexity index is 486. The summed E-state index contributed by atoms with van der Waals surface area (Å²) in [7, 11) is 0. The summed E-state index contributed by atoms with van der Waals surface area (Å²) in [6.07, 6.45) is 0. The highest BCUT2D eigenvalue weighted by atomic mass is 32.1. The topological polar surface area (TPSA) is 37.8 Å². The molecule has 2 aromatic rings. The van der Waals surface area contributed by atoms with Crippen molar-refractivity contribution in [2.75, 3.05) is 5.32 Å². The number of hydrogen-bond donors (Lipinski definition) is 1. The third kappa shape index (κ3) is 3.07. The van der Waals surface area contributed by atoms with Gasteiger partial charge in [-0.1, -0.05) is 19.9 Å². The molecular weight excluding hydrogens is 242 g/mol. The Labute approximate surface area is 112 Å². The van der Waals surface area contributed by atoms with Crippen molar-refractivity contribution >= 4 is 17.2 Å². The van der Waals surface area contributed by atoms with Crippen molar-refractivity contribution in [3.8, 4) is 0 Å². The zero-order chi connectivity index (χ0) is 13.1. The molecule has 0 spiro atoms. The van der Waals surface area contributed by atoms with Crippen LogP contribution >= 0.6 is 11.3 Å². The fraction of sp³-hybridized carbons (Fsp3) is 0.429. The number of anilines is 1. The van der Waals surface area contributed by atoms with Gasteiger partial charge >= 0.3 is 0 Å². The second kappa shape index (κ2) is 5.48. The van der Waals surface area contributed by atoms with E-state index in [1.807, 2.05) is 19.9 Å².